The largest absolute Gasteiger partial charge is 0.344 e. The number of amides is 1. The van der Waals surface area contributed by atoms with Crippen molar-refractivity contribution in [2.45, 2.75) is 38.3 Å². The van der Waals surface area contributed by atoms with E-state index in [4.69, 9.17) is 0 Å². The lowest BCUT2D eigenvalue weighted by atomic mass is 10.0. The summed E-state index contributed by atoms with van der Waals surface area (Å²) in [7, 11) is 0. The second kappa shape index (κ2) is 7.21. The molecular formula is C16H19BrN4O3. The number of nitrogens with one attached hydrogen (secondary N) is 2. The van der Waals surface area contributed by atoms with E-state index in [0.29, 0.717) is 12.8 Å². The highest BCUT2D eigenvalue weighted by atomic mass is 79.9. The summed E-state index contributed by atoms with van der Waals surface area (Å²) < 4.78 is 2.09. The standard InChI is InChI=1S/C16H19BrN4O3/c17-12-6-2-1-5-11(12)13-7-3-9-20(13)14(22)8-4-10-21-15(23)18-19-16(21)24/h1-2,5-6,13H,3-4,7-10H2,(H,18,23)(H,19,24). The number of aromatic nitrogens is 3. The van der Waals surface area contributed by atoms with E-state index in [0.717, 1.165) is 34.0 Å². The molecule has 1 unspecified atom stereocenters. The molecule has 24 heavy (non-hydrogen) atoms. The number of hydrogen-bond acceptors (Lipinski definition) is 3. The van der Waals surface area contributed by atoms with E-state index in [1.807, 2.05) is 29.2 Å². The zero-order valence-electron chi connectivity index (χ0n) is 13.1. The van der Waals surface area contributed by atoms with Gasteiger partial charge >= 0.3 is 11.4 Å². The minimum Gasteiger partial charge on any atom is -0.336 e. The fourth-order valence-corrected chi connectivity index (χ4v) is 3.75. The van der Waals surface area contributed by atoms with Crippen molar-refractivity contribution in [2.24, 2.45) is 0 Å². The molecule has 0 aliphatic carbocycles. The number of carbonyl (C=O) groups is 1. The first kappa shape index (κ1) is 16.8. The minimum absolute atomic E-state index is 0.0632. The van der Waals surface area contributed by atoms with Crippen LogP contribution in [0.15, 0.2) is 38.3 Å². The summed E-state index contributed by atoms with van der Waals surface area (Å²) in [5.74, 6) is 0.0632. The third-order valence-corrected chi connectivity index (χ3v) is 5.10. The van der Waals surface area contributed by atoms with Gasteiger partial charge in [0, 0.05) is 24.0 Å². The summed E-state index contributed by atoms with van der Waals surface area (Å²) in [6, 6.07) is 8.05. The predicted octanol–water partition coefficient (Wildman–Crippen LogP) is 1.77. The molecule has 2 N–H and O–H groups in total. The lowest BCUT2D eigenvalue weighted by Crippen LogP contribution is -2.31. The maximum atomic E-state index is 12.6. The van der Waals surface area contributed by atoms with E-state index in [9.17, 15) is 14.4 Å². The third-order valence-electron chi connectivity index (χ3n) is 4.38. The molecule has 1 aromatic carbocycles. The quantitative estimate of drug-likeness (QED) is 0.809. The zero-order chi connectivity index (χ0) is 17.1. The highest BCUT2D eigenvalue weighted by Crippen LogP contribution is 2.36. The number of halogens is 1. The Balaban J connectivity index is 1.63. The first-order valence-corrected chi connectivity index (χ1v) is 8.78. The van der Waals surface area contributed by atoms with Crippen molar-refractivity contribution in [3.05, 3.63) is 55.3 Å². The van der Waals surface area contributed by atoms with Crippen molar-refractivity contribution < 1.29 is 4.79 Å². The van der Waals surface area contributed by atoms with Crippen LogP contribution in [0.3, 0.4) is 0 Å². The van der Waals surface area contributed by atoms with E-state index in [1.54, 1.807) is 0 Å². The van der Waals surface area contributed by atoms with Gasteiger partial charge in [0.1, 0.15) is 0 Å². The SMILES string of the molecule is O=C(CCCn1c(=O)[nH][nH]c1=O)N1CCCC1c1ccccc1Br. The van der Waals surface area contributed by atoms with Gasteiger partial charge in [-0.15, -0.1) is 0 Å². The first-order chi connectivity index (χ1) is 11.6. The Morgan fingerprint density at radius 1 is 1.21 bits per heavy atom. The first-order valence-electron chi connectivity index (χ1n) is 7.99. The molecule has 0 bridgehead atoms. The van der Waals surface area contributed by atoms with Crippen LogP contribution in [0.1, 0.15) is 37.3 Å². The van der Waals surface area contributed by atoms with Gasteiger partial charge in [0.05, 0.1) is 6.04 Å². The average molecular weight is 395 g/mol. The third kappa shape index (κ3) is 3.38. The topological polar surface area (TPSA) is 91.0 Å². The Kier molecular flexibility index (Phi) is 5.03. The highest BCUT2D eigenvalue weighted by molar-refractivity contribution is 9.10. The molecule has 128 valence electrons. The predicted molar refractivity (Wildman–Crippen MR) is 92.7 cm³/mol. The summed E-state index contributed by atoms with van der Waals surface area (Å²) in [6.07, 6.45) is 2.71. The van der Waals surface area contributed by atoms with Crippen molar-refractivity contribution in [3.63, 3.8) is 0 Å². The average Bonchev–Trinajstić information content (AvgIpc) is 3.17. The summed E-state index contributed by atoms with van der Waals surface area (Å²) in [5, 5.41) is 4.47. The van der Waals surface area contributed by atoms with Gasteiger partial charge in [-0.3, -0.25) is 4.79 Å². The number of rotatable bonds is 5. The molecule has 8 heteroatoms. The van der Waals surface area contributed by atoms with Crippen molar-refractivity contribution in [1.82, 2.24) is 19.7 Å². The Bertz CT molecular complexity index is 811. The van der Waals surface area contributed by atoms with Crippen LogP contribution in [0.4, 0.5) is 0 Å². The molecule has 1 aliphatic rings. The maximum absolute atomic E-state index is 12.6. The molecule has 1 saturated heterocycles. The van der Waals surface area contributed by atoms with Crippen LogP contribution in [0.5, 0.6) is 0 Å². The van der Waals surface area contributed by atoms with E-state index >= 15 is 0 Å². The molecular weight excluding hydrogens is 376 g/mol. The molecule has 0 saturated carbocycles. The number of benzene rings is 1. The Morgan fingerprint density at radius 2 is 1.92 bits per heavy atom. The van der Waals surface area contributed by atoms with Gasteiger partial charge in [-0.05, 0) is 30.9 Å². The van der Waals surface area contributed by atoms with Gasteiger partial charge in [0.2, 0.25) is 5.91 Å². The van der Waals surface area contributed by atoms with Crippen LogP contribution in [0.2, 0.25) is 0 Å². The van der Waals surface area contributed by atoms with Gasteiger partial charge in [0.15, 0.2) is 0 Å². The normalized spacial score (nSPS) is 17.4. The van der Waals surface area contributed by atoms with Crippen LogP contribution < -0.4 is 11.4 Å². The van der Waals surface area contributed by atoms with Crippen molar-refractivity contribution >= 4 is 21.8 Å². The van der Waals surface area contributed by atoms with Crippen LogP contribution in [-0.4, -0.2) is 32.1 Å². The number of carbonyl (C=O) groups excluding carboxylic acids is 1. The highest BCUT2D eigenvalue weighted by Gasteiger charge is 2.30. The van der Waals surface area contributed by atoms with E-state index in [1.165, 1.54) is 0 Å². The molecule has 7 nitrogen and oxygen atoms in total. The van der Waals surface area contributed by atoms with Crippen LogP contribution >= 0.6 is 15.9 Å². The fourth-order valence-electron chi connectivity index (χ4n) is 3.20. The van der Waals surface area contributed by atoms with E-state index < -0.39 is 11.4 Å². The molecule has 2 heterocycles. The van der Waals surface area contributed by atoms with Crippen LogP contribution in [-0.2, 0) is 11.3 Å². The van der Waals surface area contributed by atoms with Crippen molar-refractivity contribution in [1.29, 1.82) is 0 Å². The Labute approximate surface area is 146 Å². The van der Waals surface area contributed by atoms with Crippen molar-refractivity contribution in [3.8, 4) is 0 Å². The number of likely N-dealkylation sites (tertiary alicyclic amines) is 1. The molecule has 0 spiro atoms. The van der Waals surface area contributed by atoms with Gasteiger partial charge in [-0.2, -0.15) is 0 Å². The lowest BCUT2D eigenvalue weighted by Gasteiger charge is -2.26. The second-order valence-corrected chi connectivity index (χ2v) is 6.74. The fraction of sp³-hybridized carbons (Fsp3) is 0.438. The summed E-state index contributed by atoms with van der Waals surface area (Å²) in [5.41, 5.74) is 0.182. The minimum atomic E-state index is -0.472. The van der Waals surface area contributed by atoms with Gasteiger partial charge in [-0.1, -0.05) is 34.1 Å². The van der Waals surface area contributed by atoms with Crippen LogP contribution in [0, 0.1) is 0 Å². The molecule has 1 aliphatic heterocycles. The number of H-pyrrole nitrogens is 2. The zero-order valence-corrected chi connectivity index (χ0v) is 14.7. The Morgan fingerprint density at radius 3 is 2.62 bits per heavy atom. The second-order valence-electron chi connectivity index (χ2n) is 5.88. The van der Waals surface area contributed by atoms with Crippen LogP contribution in [0.25, 0.3) is 0 Å². The molecule has 1 atom stereocenters. The lowest BCUT2D eigenvalue weighted by molar-refractivity contribution is -0.132. The van der Waals surface area contributed by atoms with Crippen molar-refractivity contribution in [2.75, 3.05) is 6.54 Å². The molecule has 1 aromatic heterocycles. The molecule has 3 rings (SSSR count). The summed E-state index contributed by atoms with van der Waals surface area (Å²) in [6.45, 7) is 0.979. The van der Waals surface area contributed by atoms with Gasteiger partial charge in [-0.25, -0.2) is 24.4 Å². The van der Waals surface area contributed by atoms with Gasteiger partial charge < -0.3 is 4.90 Å². The molecule has 1 fully saturated rings. The Hall–Kier alpha value is -2.09. The summed E-state index contributed by atoms with van der Waals surface area (Å²) in [4.78, 5) is 37.3. The number of aromatic amines is 2. The molecule has 0 radical (unpaired) electrons. The molecule has 1 amide bonds. The molecule has 2 aromatic rings. The van der Waals surface area contributed by atoms with E-state index in [-0.39, 0.29) is 18.5 Å². The number of hydrogen-bond donors (Lipinski definition) is 2. The smallest absolute Gasteiger partial charge is 0.336 e. The summed E-state index contributed by atoms with van der Waals surface area (Å²) >= 11 is 3.56. The van der Waals surface area contributed by atoms with E-state index in [2.05, 4.69) is 26.1 Å². The number of nitrogens with zero attached hydrogens (tertiary/aromatic N) is 2. The monoisotopic (exact) mass is 394 g/mol. The van der Waals surface area contributed by atoms with Gasteiger partial charge in [0.25, 0.3) is 0 Å². The maximum Gasteiger partial charge on any atom is 0.344 e.